The van der Waals surface area contributed by atoms with Gasteiger partial charge in [-0.15, -0.1) is 0 Å². The number of methoxy groups -OCH3 is 1. The van der Waals surface area contributed by atoms with E-state index < -0.39 is 0 Å². The van der Waals surface area contributed by atoms with E-state index in [0.29, 0.717) is 0 Å². The van der Waals surface area contributed by atoms with Crippen LogP contribution in [0.5, 0.6) is 0 Å². The van der Waals surface area contributed by atoms with E-state index in [1.165, 1.54) is 17.8 Å². The molecule has 3 nitrogen and oxygen atoms in total. The van der Waals surface area contributed by atoms with Crippen molar-refractivity contribution in [2.24, 2.45) is 5.92 Å². The van der Waals surface area contributed by atoms with Gasteiger partial charge in [0.1, 0.15) is 5.82 Å². The van der Waals surface area contributed by atoms with Crippen LogP contribution in [0.15, 0.2) is 0 Å². The van der Waals surface area contributed by atoms with Gasteiger partial charge in [0.2, 0.25) is 0 Å². The Morgan fingerprint density at radius 1 is 1.50 bits per heavy atom. The van der Waals surface area contributed by atoms with Gasteiger partial charge in [0.15, 0.2) is 0 Å². The standard InChI is InChI=1S/C13H22N2O/c1-9-5-6-10-11(7-9)15-12(14-10)8-13(2,3)16-4/h9H,5-8H2,1-4H3,(H,14,15). The summed E-state index contributed by atoms with van der Waals surface area (Å²) in [4.78, 5) is 8.15. The van der Waals surface area contributed by atoms with Gasteiger partial charge >= 0.3 is 0 Å². The predicted molar refractivity (Wildman–Crippen MR) is 64.6 cm³/mol. The number of hydrogen-bond donors (Lipinski definition) is 1. The van der Waals surface area contributed by atoms with Crippen molar-refractivity contribution in [1.82, 2.24) is 9.97 Å². The molecule has 0 saturated carbocycles. The lowest BCUT2D eigenvalue weighted by atomic mass is 9.92. The van der Waals surface area contributed by atoms with Crippen molar-refractivity contribution in [3.8, 4) is 0 Å². The van der Waals surface area contributed by atoms with Gasteiger partial charge in [-0.2, -0.15) is 0 Å². The van der Waals surface area contributed by atoms with Crippen molar-refractivity contribution in [3.05, 3.63) is 17.2 Å². The van der Waals surface area contributed by atoms with Crippen LogP contribution in [0.1, 0.15) is 44.4 Å². The third-order valence-corrected chi connectivity index (χ3v) is 3.49. The molecule has 0 saturated heterocycles. The van der Waals surface area contributed by atoms with Crippen molar-refractivity contribution in [1.29, 1.82) is 0 Å². The Labute approximate surface area is 97.6 Å². The number of imidazole rings is 1. The Bertz CT molecular complexity index is 368. The van der Waals surface area contributed by atoms with Gasteiger partial charge < -0.3 is 9.72 Å². The molecule has 1 aliphatic carbocycles. The highest BCUT2D eigenvalue weighted by atomic mass is 16.5. The third kappa shape index (κ3) is 2.46. The summed E-state index contributed by atoms with van der Waals surface area (Å²) in [5, 5.41) is 0. The molecule has 0 amide bonds. The second-order valence-electron chi connectivity index (χ2n) is 5.60. The number of nitrogens with one attached hydrogen (secondary N) is 1. The second-order valence-corrected chi connectivity index (χ2v) is 5.60. The highest BCUT2D eigenvalue weighted by Gasteiger charge is 2.23. The first kappa shape index (κ1) is 11.6. The molecule has 1 atom stereocenters. The summed E-state index contributed by atoms with van der Waals surface area (Å²) in [6, 6.07) is 0. The molecule has 90 valence electrons. The number of hydrogen-bond acceptors (Lipinski definition) is 2. The Morgan fingerprint density at radius 3 is 2.94 bits per heavy atom. The Morgan fingerprint density at radius 2 is 2.25 bits per heavy atom. The number of fused-ring (bicyclic) bond motifs is 1. The largest absolute Gasteiger partial charge is 0.378 e. The summed E-state index contributed by atoms with van der Waals surface area (Å²) >= 11 is 0. The SMILES string of the molecule is COC(C)(C)Cc1nc2c([nH]1)CC(C)CC2. The Balaban J connectivity index is 2.13. The first-order valence-corrected chi connectivity index (χ1v) is 6.12. The van der Waals surface area contributed by atoms with Crippen LogP contribution >= 0.6 is 0 Å². The van der Waals surface area contributed by atoms with E-state index in [4.69, 9.17) is 4.74 Å². The number of rotatable bonds is 3. The van der Waals surface area contributed by atoms with Crippen molar-refractivity contribution in [2.75, 3.05) is 7.11 Å². The van der Waals surface area contributed by atoms with Gasteiger partial charge in [-0.1, -0.05) is 6.92 Å². The second kappa shape index (κ2) is 4.21. The minimum absolute atomic E-state index is 0.133. The van der Waals surface area contributed by atoms with Crippen molar-refractivity contribution >= 4 is 0 Å². The lowest BCUT2D eigenvalue weighted by Crippen LogP contribution is -2.26. The molecule has 1 aliphatic rings. The van der Waals surface area contributed by atoms with E-state index in [-0.39, 0.29) is 5.60 Å². The Hall–Kier alpha value is -0.830. The highest BCUT2D eigenvalue weighted by Crippen LogP contribution is 2.24. The maximum absolute atomic E-state index is 5.43. The predicted octanol–water partition coefficient (Wildman–Crippen LogP) is 2.50. The van der Waals surface area contributed by atoms with Crippen LogP contribution in [0.25, 0.3) is 0 Å². The molecule has 0 aliphatic heterocycles. The molecule has 0 aromatic carbocycles. The molecular weight excluding hydrogens is 200 g/mol. The average Bonchev–Trinajstić information content (AvgIpc) is 2.58. The molecule has 1 heterocycles. The Kier molecular flexibility index (Phi) is 3.06. The first-order chi connectivity index (χ1) is 7.50. The zero-order chi connectivity index (χ0) is 11.8. The molecule has 1 N–H and O–H groups in total. The highest BCUT2D eigenvalue weighted by molar-refractivity contribution is 5.19. The van der Waals surface area contributed by atoms with Gasteiger partial charge in [0.25, 0.3) is 0 Å². The third-order valence-electron chi connectivity index (χ3n) is 3.49. The van der Waals surface area contributed by atoms with Gasteiger partial charge in [0, 0.05) is 19.2 Å². The monoisotopic (exact) mass is 222 g/mol. The zero-order valence-electron chi connectivity index (χ0n) is 10.8. The fourth-order valence-electron chi connectivity index (χ4n) is 2.27. The molecule has 1 unspecified atom stereocenters. The molecule has 0 radical (unpaired) electrons. The topological polar surface area (TPSA) is 37.9 Å². The van der Waals surface area contributed by atoms with E-state index in [0.717, 1.165) is 31.0 Å². The first-order valence-electron chi connectivity index (χ1n) is 6.12. The number of aromatic amines is 1. The van der Waals surface area contributed by atoms with Crippen molar-refractivity contribution in [2.45, 2.75) is 52.1 Å². The summed E-state index contributed by atoms with van der Waals surface area (Å²) < 4.78 is 5.43. The van der Waals surface area contributed by atoms with Gasteiger partial charge in [-0.05, 0) is 39.0 Å². The number of ether oxygens (including phenoxy) is 1. The summed E-state index contributed by atoms with van der Waals surface area (Å²) in [5.74, 6) is 1.86. The number of aromatic nitrogens is 2. The van der Waals surface area contributed by atoms with Crippen LogP contribution in [-0.4, -0.2) is 22.7 Å². The van der Waals surface area contributed by atoms with E-state index in [9.17, 15) is 0 Å². The van der Waals surface area contributed by atoms with Crippen LogP contribution in [0.3, 0.4) is 0 Å². The molecule has 3 heteroatoms. The minimum atomic E-state index is -0.133. The van der Waals surface area contributed by atoms with Crippen LogP contribution in [0.4, 0.5) is 0 Å². The normalized spacial score (nSPS) is 20.9. The zero-order valence-corrected chi connectivity index (χ0v) is 10.8. The fraction of sp³-hybridized carbons (Fsp3) is 0.769. The number of aryl methyl sites for hydroxylation is 1. The maximum Gasteiger partial charge on any atom is 0.109 e. The van der Waals surface area contributed by atoms with Crippen LogP contribution in [0, 0.1) is 5.92 Å². The maximum atomic E-state index is 5.43. The summed E-state index contributed by atoms with van der Waals surface area (Å²) in [5.41, 5.74) is 2.49. The molecule has 0 fully saturated rings. The van der Waals surface area contributed by atoms with Crippen molar-refractivity contribution < 1.29 is 4.74 Å². The number of nitrogens with zero attached hydrogens (tertiary/aromatic N) is 1. The molecule has 1 aromatic rings. The quantitative estimate of drug-likeness (QED) is 0.853. The van der Waals surface area contributed by atoms with E-state index >= 15 is 0 Å². The van der Waals surface area contributed by atoms with Crippen molar-refractivity contribution in [3.63, 3.8) is 0 Å². The fourth-order valence-corrected chi connectivity index (χ4v) is 2.27. The molecular formula is C13H22N2O. The molecule has 1 aromatic heterocycles. The van der Waals surface area contributed by atoms with E-state index in [1.54, 1.807) is 7.11 Å². The molecule has 2 rings (SSSR count). The van der Waals surface area contributed by atoms with Gasteiger partial charge in [-0.25, -0.2) is 4.98 Å². The lowest BCUT2D eigenvalue weighted by molar-refractivity contribution is 0.0217. The average molecular weight is 222 g/mol. The van der Waals surface area contributed by atoms with Gasteiger partial charge in [0.05, 0.1) is 11.3 Å². The number of H-pyrrole nitrogens is 1. The van der Waals surface area contributed by atoms with E-state index in [1.807, 2.05) is 0 Å². The lowest BCUT2D eigenvalue weighted by Gasteiger charge is -2.21. The summed E-state index contributed by atoms with van der Waals surface area (Å²) in [7, 11) is 1.75. The van der Waals surface area contributed by atoms with Gasteiger partial charge in [-0.3, -0.25) is 0 Å². The van der Waals surface area contributed by atoms with E-state index in [2.05, 4.69) is 30.7 Å². The molecule has 0 spiro atoms. The molecule has 16 heavy (non-hydrogen) atoms. The molecule has 0 bridgehead atoms. The summed E-state index contributed by atoms with van der Waals surface area (Å²) in [6.45, 7) is 6.50. The van der Waals surface area contributed by atoms with Crippen LogP contribution in [0.2, 0.25) is 0 Å². The van der Waals surface area contributed by atoms with Crippen LogP contribution in [-0.2, 0) is 24.0 Å². The summed E-state index contributed by atoms with van der Waals surface area (Å²) in [6.07, 6.45) is 4.39. The minimum Gasteiger partial charge on any atom is -0.378 e. The van der Waals surface area contributed by atoms with Crippen LogP contribution < -0.4 is 0 Å². The smallest absolute Gasteiger partial charge is 0.109 e.